The van der Waals surface area contributed by atoms with E-state index in [-0.39, 0.29) is 24.9 Å². The molecule has 0 fully saturated rings. The molecule has 2 N–H and O–H groups in total. The van der Waals surface area contributed by atoms with Crippen molar-refractivity contribution in [1.82, 2.24) is 4.13 Å². The number of sulfonamides is 2. The molecule has 2 heterocycles. The summed E-state index contributed by atoms with van der Waals surface area (Å²) in [6, 6.07) is 17.1. The van der Waals surface area contributed by atoms with E-state index in [9.17, 15) is 43.2 Å². The van der Waals surface area contributed by atoms with Gasteiger partial charge in [-0.25, -0.2) is 21.4 Å². The summed E-state index contributed by atoms with van der Waals surface area (Å²) in [6.45, 7) is 17.3. The fraction of sp³-hybridized carbons (Fsp3) is 0.483. The Hall–Kier alpha value is -2.95. The lowest BCUT2D eigenvalue weighted by atomic mass is 9.82. The summed E-state index contributed by atoms with van der Waals surface area (Å²) in [4.78, 5) is 2.18. The number of alkyl halides is 6. The maximum Gasteiger partial charge on any atom is 0.512 e. The Bertz CT molecular complexity index is 1560. The molecule has 16 heteroatoms. The van der Waals surface area contributed by atoms with Crippen molar-refractivity contribution in [3.05, 3.63) is 71.9 Å². The van der Waals surface area contributed by atoms with Crippen molar-refractivity contribution in [3.63, 3.8) is 0 Å². The minimum Gasteiger partial charge on any atom is -0.397 e. The third kappa shape index (κ3) is 9.08. The van der Waals surface area contributed by atoms with Gasteiger partial charge in [0.25, 0.3) is 0 Å². The highest BCUT2D eigenvalue weighted by molar-refractivity contribution is 8.05. The van der Waals surface area contributed by atoms with Gasteiger partial charge in [-0.2, -0.15) is 26.3 Å². The molecule has 2 aliphatic heterocycles. The number of nitrogens with zero attached hydrogens (tertiary/aromatic N) is 2. The van der Waals surface area contributed by atoms with Gasteiger partial charge in [0.2, 0.25) is 5.69 Å². The summed E-state index contributed by atoms with van der Waals surface area (Å²) in [5.41, 5.74) is -3.95. The Morgan fingerprint density at radius 3 is 1.60 bits per heavy atom. The first kappa shape index (κ1) is 42.0. The van der Waals surface area contributed by atoms with Gasteiger partial charge in [-0.1, -0.05) is 68.4 Å². The molecule has 0 spiro atoms. The topological polar surface area (TPSA) is 107 Å². The number of fused-ring (bicyclic) bond motifs is 2. The molecule has 0 bridgehead atoms. The van der Waals surface area contributed by atoms with Crippen molar-refractivity contribution in [2.24, 2.45) is 0 Å². The van der Waals surface area contributed by atoms with Crippen LogP contribution in [0.4, 0.5) is 37.7 Å². The lowest BCUT2D eigenvalue weighted by molar-refractivity contribution is -0.403. The van der Waals surface area contributed by atoms with Crippen LogP contribution in [0.15, 0.2) is 60.8 Å². The van der Waals surface area contributed by atoms with Crippen molar-refractivity contribution >= 4 is 37.1 Å². The Morgan fingerprint density at radius 2 is 1.22 bits per heavy atom. The van der Waals surface area contributed by atoms with Crippen molar-refractivity contribution in [2.75, 3.05) is 25.6 Å². The minimum atomic E-state index is -6.60. The molecule has 0 radical (unpaired) electrons. The molecule has 0 aromatic heterocycles. The summed E-state index contributed by atoms with van der Waals surface area (Å²) in [7, 11) is -8.97. The van der Waals surface area contributed by atoms with Crippen LogP contribution >= 0.6 is 0 Å². The highest BCUT2D eigenvalue weighted by atomic mass is 32.3. The Balaban J connectivity index is 0.000000611. The van der Waals surface area contributed by atoms with E-state index >= 15 is 0 Å². The van der Waals surface area contributed by atoms with Crippen LogP contribution in [-0.4, -0.2) is 63.9 Å². The van der Waals surface area contributed by atoms with E-state index in [0.29, 0.717) is 0 Å². The highest BCUT2D eigenvalue weighted by Crippen LogP contribution is 2.45. The molecule has 0 saturated heterocycles. The first-order valence-corrected chi connectivity index (χ1v) is 15.9. The highest BCUT2D eigenvalue weighted by Gasteiger charge is 2.55. The monoisotopic (exact) mass is 690 g/mol. The number of halogens is 6. The van der Waals surface area contributed by atoms with Crippen LogP contribution in [0.25, 0.3) is 0 Å². The molecule has 2 aliphatic rings. The molecular formula is C29H42F6N3O5S2+. The van der Waals surface area contributed by atoms with Crippen molar-refractivity contribution in [3.8, 4) is 0 Å². The number of nitrogens with one attached hydrogen (secondary N) is 1. The first-order chi connectivity index (χ1) is 19.7. The summed E-state index contributed by atoms with van der Waals surface area (Å²) < 4.78 is 111. The third-order valence-corrected chi connectivity index (χ3v) is 10.2. The maximum atomic E-state index is 11.5. The quantitative estimate of drug-likeness (QED) is 0.274. The second kappa shape index (κ2) is 14.6. The predicted octanol–water partition coefficient (Wildman–Crippen LogP) is 6.55. The molecule has 0 unspecified atom stereocenters. The zero-order valence-electron chi connectivity index (χ0n) is 25.6. The van der Waals surface area contributed by atoms with Crippen LogP contribution in [0.5, 0.6) is 0 Å². The molecule has 0 amide bonds. The average molecular weight is 691 g/mol. The van der Waals surface area contributed by atoms with Gasteiger partial charge in [-0.15, -0.1) is 0 Å². The van der Waals surface area contributed by atoms with Gasteiger partial charge in [0.1, 0.15) is 7.05 Å². The van der Waals surface area contributed by atoms with Crippen LogP contribution in [0.2, 0.25) is 0 Å². The van der Waals surface area contributed by atoms with Gasteiger partial charge in [0, 0.05) is 49.0 Å². The summed E-state index contributed by atoms with van der Waals surface area (Å²) in [6.07, 6.45) is 0. The van der Waals surface area contributed by atoms with E-state index in [0.717, 1.165) is 0 Å². The molecule has 4 rings (SSSR count). The number of hydrogen-bond acceptors (Lipinski definition) is 6. The average Bonchev–Trinajstić information content (AvgIpc) is 3.18. The maximum absolute atomic E-state index is 11.5. The molecule has 0 saturated carbocycles. The molecular weight excluding hydrogens is 648 g/mol. The van der Waals surface area contributed by atoms with Gasteiger partial charge in [-0.05, 0) is 32.4 Å². The Labute approximate surface area is 262 Å². The van der Waals surface area contributed by atoms with Gasteiger partial charge in [0.05, 0.1) is 5.41 Å². The second-order valence-corrected chi connectivity index (χ2v) is 14.3. The van der Waals surface area contributed by atoms with E-state index in [1.54, 1.807) is 6.92 Å². The molecule has 8 nitrogen and oxygen atoms in total. The van der Waals surface area contributed by atoms with E-state index < -0.39 is 35.2 Å². The number of aliphatic hydroxyl groups excluding tert-OH is 1. The summed E-state index contributed by atoms with van der Waals surface area (Å²) in [5, 5.41) is 7.57. The minimum absolute atomic E-state index is 0. The van der Waals surface area contributed by atoms with Gasteiger partial charge < -0.3 is 10.0 Å². The van der Waals surface area contributed by atoms with Crippen LogP contribution in [0.1, 0.15) is 60.1 Å². The number of likely N-dealkylation sites (N-methyl/N-ethyl adjacent to an activating group) is 1. The van der Waals surface area contributed by atoms with E-state index in [1.165, 1.54) is 33.9 Å². The van der Waals surface area contributed by atoms with Gasteiger partial charge >= 0.3 is 31.1 Å². The van der Waals surface area contributed by atoms with Crippen molar-refractivity contribution in [1.29, 1.82) is 0 Å². The van der Waals surface area contributed by atoms with Crippen LogP contribution in [0.3, 0.4) is 0 Å². The molecule has 0 aliphatic carbocycles. The van der Waals surface area contributed by atoms with Gasteiger partial charge in [-0.3, -0.25) is 0 Å². The van der Waals surface area contributed by atoms with E-state index in [1.807, 2.05) is 0 Å². The fourth-order valence-electron chi connectivity index (χ4n) is 4.34. The lowest BCUT2D eigenvalue weighted by Crippen LogP contribution is -2.45. The zero-order chi connectivity index (χ0) is 34.7. The normalized spacial score (nSPS) is 16.5. The number of aliphatic hydroxyl groups is 1. The smallest absolute Gasteiger partial charge is 0.397 e. The second-order valence-electron chi connectivity index (χ2n) is 10.7. The molecule has 2 aromatic rings. The Kier molecular flexibility index (Phi) is 13.7. The largest absolute Gasteiger partial charge is 0.512 e. The van der Waals surface area contributed by atoms with Gasteiger partial charge in [0.15, 0.2) is 5.71 Å². The van der Waals surface area contributed by atoms with Crippen molar-refractivity contribution in [2.45, 2.75) is 70.8 Å². The number of rotatable bonds is 2. The fourth-order valence-corrected chi connectivity index (χ4v) is 6.25. The number of anilines is 1. The predicted molar refractivity (Wildman–Crippen MR) is 166 cm³/mol. The molecule has 45 heavy (non-hydrogen) atoms. The van der Waals surface area contributed by atoms with Crippen LogP contribution in [0, 0.1) is 0 Å². The standard InChI is InChI=1S/C12H16N.C12H15N.C2HF6NO4S2.C2H6O.CH4/c2*1-9-12(2,3)10-7-5-6-8-11(10)13(9)4;3-1(4,5)14(10,11)9-15(12,13)2(6,7)8;1-2-3;/h5-8H,1-4H3;5-8H,1H2,2-4H3;9H;3H,2H2,1H3;1H4/q+1;;;;. The summed E-state index contributed by atoms with van der Waals surface area (Å²) >= 11 is 0. The third-order valence-electron chi connectivity index (χ3n) is 7.24. The van der Waals surface area contributed by atoms with E-state index in [4.69, 9.17) is 5.11 Å². The molecule has 2 aromatic carbocycles. The zero-order valence-corrected chi connectivity index (χ0v) is 27.2. The first-order valence-electron chi connectivity index (χ1n) is 12.9. The number of hydrogen-bond donors (Lipinski definition) is 2. The Morgan fingerprint density at radius 1 is 0.844 bits per heavy atom. The number of benzene rings is 2. The van der Waals surface area contributed by atoms with E-state index in [2.05, 4.69) is 113 Å². The number of para-hydroxylation sites is 2. The SMILES string of the molecule is C.C=C1N(C)c2ccccc2C1(C)C.CC1=[N+](C)c2ccccc2C1(C)C.CCO.O=S(=O)(NS(=O)(=O)C(F)(F)F)C(F)(F)F. The lowest BCUT2D eigenvalue weighted by Gasteiger charge is -2.22. The van der Waals surface area contributed by atoms with Crippen LogP contribution < -0.4 is 9.03 Å². The summed E-state index contributed by atoms with van der Waals surface area (Å²) in [5.74, 6) is 0. The molecule has 0 atom stereocenters. The number of allylic oxidation sites excluding steroid dienone is 1. The van der Waals surface area contributed by atoms with Crippen molar-refractivity contribution < 1.29 is 52.9 Å². The molecule has 256 valence electrons. The van der Waals surface area contributed by atoms with Crippen LogP contribution in [-0.2, 0) is 30.9 Å².